The molecule has 0 aromatic heterocycles. The van der Waals surface area contributed by atoms with Crippen molar-refractivity contribution in [2.75, 3.05) is 11.9 Å². The second kappa shape index (κ2) is 7.70. The van der Waals surface area contributed by atoms with Crippen molar-refractivity contribution in [1.29, 1.82) is 0 Å². The smallest absolute Gasteiger partial charge is 0.319 e. The van der Waals surface area contributed by atoms with Gasteiger partial charge in [-0.05, 0) is 36.6 Å². The quantitative estimate of drug-likeness (QED) is 0.791. The van der Waals surface area contributed by atoms with Gasteiger partial charge >= 0.3 is 6.03 Å². The number of aryl methyl sites for hydroxylation is 1. The standard InChI is InChI=1S/C16H17BrN2O/c17-14-9-4-10-15(12-14)19-16(20)18-11-5-8-13-6-2-1-3-7-13/h1-4,6-7,9-10,12H,5,8,11H2,(H2,18,19,20). The van der Waals surface area contributed by atoms with Gasteiger partial charge in [-0.1, -0.05) is 52.3 Å². The van der Waals surface area contributed by atoms with Crippen molar-refractivity contribution in [2.24, 2.45) is 0 Å². The van der Waals surface area contributed by atoms with Crippen molar-refractivity contribution in [2.45, 2.75) is 12.8 Å². The van der Waals surface area contributed by atoms with Crippen LogP contribution in [0.2, 0.25) is 0 Å². The van der Waals surface area contributed by atoms with Gasteiger partial charge in [0.1, 0.15) is 0 Å². The molecule has 0 saturated carbocycles. The maximum Gasteiger partial charge on any atom is 0.319 e. The SMILES string of the molecule is O=C(NCCCc1ccccc1)Nc1cccc(Br)c1. The minimum Gasteiger partial charge on any atom is -0.338 e. The predicted molar refractivity (Wildman–Crippen MR) is 85.9 cm³/mol. The van der Waals surface area contributed by atoms with Crippen molar-refractivity contribution in [3.8, 4) is 0 Å². The summed E-state index contributed by atoms with van der Waals surface area (Å²) in [5.41, 5.74) is 2.07. The average molecular weight is 333 g/mol. The molecule has 2 N–H and O–H groups in total. The molecule has 4 heteroatoms. The first kappa shape index (κ1) is 14.6. The third-order valence-corrected chi connectivity index (χ3v) is 3.35. The summed E-state index contributed by atoms with van der Waals surface area (Å²) in [5.74, 6) is 0. The summed E-state index contributed by atoms with van der Waals surface area (Å²) in [6.45, 7) is 0.661. The zero-order valence-corrected chi connectivity index (χ0v) is 12.7. The number of amides is 2. The zero-order valence-electron chi connectivity index (χ0n) is 11.1. The van der Waals surface area contributed by atoms with Gasteiger partial charge in [0.25, 0.3) is 0 Å². The molecule has 0 fully saturated rings. The Hall–Kier alpha value is -1.81. The van der Waals surface area contributed by atoms with E-state index in [1.807, 2.05) is 42.5 Å². The highest BCUT2D eigenvalue weighted by Crippen LogP contribution is 2.15. The summed E-state index contributed by atoms with van der Waals surface area (Å²) < 4.78 is 0.944. The minimum atomic E-state index is -0.170. The Morgan fingerprint density at radius 2 is 1.85 bits per heavy atom. The normalized spacial score (nSPS) is 10.1. The summed E-state index contributed by atoms with van der Waals surface area (Å²) in [6.07, 6.45) is 1.90. The van der Waals surface area contributed by atoms with E-state index in [2.05, 4.69) is 38.7 Å². The van der Waals surface area contributed by atoms with E-state index in [1.165, 1.54) is 5.56 Å². The van der Waals surface area contributed by atoms with E-state index in [0.29, 0.717) is 6.54 Å². The molecule has 2 aromatic rings. The molecule has 0 radical (unpaired) electrons. The lowest BCUT2D eigenvalue weighted by Crippen LogP contribution is -2.29. The van der Waals surface area contributed by atoms with E-state index >= 15 is 0 Å². The molecular formula is C16H17BrN2O. The fraction of sp³-hybridized carbons (Fsp3) is 0.188. The Kier molecular flexibility index (Phi) is 5.62. The lowest BCUT2D eigenvalue weighted by Gasteiger charge is -2.08. The molecule has 0 heterocycles. The van der Waals surface area contributed by atoms with E-state index in [0.717, 1.165) is 23.0 Å². The first-order chi connectivity index (χ1) is 9.74. The Labute approximate surface area is 127 Å². The Balaban J connectivity index is 1.68. The van der Waals surface area contributed by atoms with Crippen molar-refractivity contribution in [3.63, 3.8) is 0 Å². The van der Waals surface area contributed by atoms with Gasteiger partial charge in [-0.15, -0.1) is 0 Å². The van der Waals surface area contributed by atoms with E-state index in [1.54, 1.807) is 0 Å². The number of carbonyl (C=O) groups excluding carboxylic acids is 1. The topological polar surface area (TPSA) is 41.1 Å². The number of nitrogens with one attached hydrogen (secondary N) is 2. The summed E-state index contributed by atoms with van der Waals surface area (Å²) in [4.78, 5) is 11.7. The molecule has 0 atom stereocenters. The molecule has 20 heavy (non-hydrogen) atoms. The lowest BCUT2D eigenvalue weighted by atomic mass is 10.1. The lowest BCUT2D eigenvalue weighted by molar-refractivity contribution is 0.252. The highest BCUT2D eigenvalue weighted by molar-refractivity contribution is 9.10. The van der Waals surface area contributed by atoms with E-state index < -0.39 is 0 Å². The third kappa shape index (κ3) is 5.05. The predicted octanol–water partition coefficient (Wildman–Crippen LogP) is 4.20. The fourth-order valence-corrected chi connectivity index (χ4v) is 2.28. The number of carbonyl (C=O) groups is 1. The second-order valence-electron chi connectivity index (χ2n) is 4.48. The molecule has 2 rings (SSSR count). The van der Waals surface area contributed by atoms with Crippen LogP contribution in [-0.2, 0) is 6.42 Å². The van der Waals surface area contributed by atoms with Gasteiger partial charge in [-0.3, -0.25) is 0 Å². The first-order valence-electron chi connectivity index (χ1n) is 6.58. The highest BCUT2D eigenvalue weighted by atomic mass is 79.9. The average Bonchev–Trinajstić information content (AvgIpc) is 2.45. The number of anilines is 1. The number of hydrogen-bond donors (Lipinski definition) is 2. The molecule has 0 spiro atoms. The van der Waals surface area contributed by atoms with Gasteiger partial charge in [0.05, 0.1) is 0 Å². The van der Waals surface area contributed by atoms with Crippen molar-refractivity contribution in [3.05, 3.63) is 64.6 Å². The third-order valence-electron chi connectivity index (χ3n) is 2.85. The number of hydrogen-bond acceptors (Lipinski definition) is 1. The Morgan fingerprint density at radius 1 is 1.05 bits per heavy atom. The van der Waals surface area contributed by atoms with Crippen LogP contribution < -0.4 is 10.6 Å². The molecule has 104 valence electrons. The number of benzene rings is 2. The number of urea groups is 1. The second-order valence-corrected chi connectivity index (χ2v) is 5.40. The van der Waals surface area contributed by atoms with Gasteiger partial charge in [0.15, 0.2) is 0 Å². The molecule has 2 aromatic carbocycles. The van der Waals surface area contributed by atoms with Crippen molar-refractivity contribution in [1.82, 2.24) is 5.32 Å². The molecule has 0 aliphatic carbocycles. The van der Waals surface area contributed by atoms with Crippen LogP contribution >= 0.6 is 15.9 Å². The number of halogens is 1. The van der Waals surface area contributed by atoms with Gasteiger partial charge in [0, 0.05) is 16.7 Å². The van der Waals surface area contributed by atoms with Crippen molar-refractivity contribution >= 4 is 27.6 Å². The van der Waals surface area contributed by atoms with Crippen LogP contribution in [0.3, 0.4) is 0 Å². The van der Waals surface area contributed by atoms with Crippen LogP contribution in [0.15, 0.2) is 59.1 Å². The summed E-state index contributed by atoms with van der Waals surface area (Å²) in [5, 5.41) is 5.66. The summed E-state index contributed by atoms with van der Waals surface area (Å²) in [6, 6.07) is 17.6. The Morgan fingerprint density at radius 3 is 2.60 bits per heavy atom. The van der Waals surface area contributed by atoms with Crippen LogP contribution in [0.5, 0.6) is 0 Å². The van der Waals surface area contributed by atoms with Crippen molar-refractivity contribution < 1.29 is 4.79 Å². The van der Waals surface area contributed by atoms with Gasteiger partial charge in [-0.25, -0.2) is 4.79 Å². The van der Waals surface area contributed by atoms with Gasteiger partial charge in [-0.2, -0.15) is 0 Å². The van der Waals surface area contributed by atoms with E-state index in [9.17, 15) is 4.79 Å². The van der Waals surface area contributed by atoms with Gasteiger partial charge < -0.3 is 10.6 Å². The summed E-state index contributed by atoms with van der Waals surface area (Å²) in [7, 11) is 0. The molecule has 2 amide bonds. The maximum absolute atomic E-state index is 11.7. The largest absolute Gasteiger partial charge is 0.338 e. The molecular weight excluding hydrogens is 316 g/mol. The van der Waals surface area contributed by atoms with Crippen LogP contribution in [0.25, 0.3) is 0 Å². The van der Waals surface area contributed by atoms with E-state index in [4.69, 9.17) is 0 Å². The monoisotopic (exact) mass is 332 g/mol. The summed E-state index contributed by atoms with van der Waals surface area (Å²) >= 11 is 3.37. The van der Waals surface area contributed by atoms with Crippen LogP contribution in [0.4, 0.5) is 10.5 Å². The van der Waals surface area contributed by atoms with Crippen LogP contribution in [0.1, 0.15) is 12.0 Å². The minimum absolute atomic E-state index is 0.170. The van der Waals surface area contributed by atoms with E-state index in [-0.39, 0.29) is 6.03 Å². The van der Waals surface area contributed by atoms with Crippen LogP contribution in [0, 0.1) is 0 Å². The Bertz CT molecular complexity index is 557. The van der Waals surface area contributed by atoms with Gasteiger partial charge in [0.2, 0.25) is 0 Å². The molecule has 3 nitrogen and oxygen atoms in total. The molecule has 0 bridgehead atoms. The molecule has 0 unspecified atom stereocenters. The molecule has 0 aliphatic rings. The molecule has 0 aliphatic heterocycles. The highest BCUT2D eigenvalue weighted by Gasteiger charge is 2.01. The zero-order chi connectivity index (χ0) is 14.2. The maximum atomic E-state index is 11.7. The molecule has 0 saturated heterocycles. The fourth-order valence-electron chi connectivity index (χ4n) is 1.88. The first-order valence-corrected chi connectivity index (χ1v) is 7.38. The van der Waals surface area contributed by atoms with Crippen LogP contribution in [-0.4, -0.2) is 12.6 Å². The number of rotatable bonds is 5.